The van der Waals surface area contributed by atoms with E-state index < -0.39 is 17.5 Å². The molecule has 0 saturated carbocycles. The highest BCUT2D eigenvalue weighted by atomic mass is 19.4. The fourth-order valence-corrected chi connectivity index (χ4v) is 1.74. The molecule has 106 valence electrons. The number of hydrogen-bond donors (Lipinski definition) is 2. The van der Waals surface area contributed by atoms with E-state index in [0.29, 0.717) is 12.8 Å². The van der Waals surface area contributed by atoms with Crippen LogP contribution in [-0.2, 0) is 11.0 Å². The Morgan fingerprint density at radius 1 is 1.32 bits per heavy atom. The van der Waals surface area contributed by atoms with Crippen LogP contribution in [0.5, 0.6) is 5.75 Å². The smallest absolute Gasteiger partial charge is 0.420 e. The van der Waals surface area contributed by atoms with Crippen molar-refractivity contribution in [3.63, 3.8) is 0 Å². The van der Waals surface area contributed by atoms with Gasteiger partial charge in [-0.3, -0.25) is 4.79 Å². The zero-order valence-corrected chi connectivity index (χ0v) is 10.7. The van der Waals surface area contributed by atoms with Crippen LogP contribution in [-0.4, -0.2) is 11.0 Å². The standard InChI is InChI=1S/C13H16F3NO2/c1-3-8(4-2)12(19)17-9-5-6-11(18)10(7-9)13(14,15)16/h5-8,18H,3-4H2,1-2H3,(H,17,19). The first kappa shape index (κ1) is 15.3. The molecule has 0 atom stereocenters. The summed E-state index contributed by atoms with van der Waals surface area (Å²) in [6, 6.07) is 2.89. The van der Waals surface area contributed by atoms with Crippen molar-refractivity contribution in [3.05, 3.63) is 23.8 Å². The molecule has 0 bridgehead atoms. The summed E-state index contributed by atoms with van der Waals surface area (Å²) >= 11 is 0. The van der Waals surface area contributed by atoms with Gasteiger partial charge in [-0.1, -0.05) is 13.8 Å². The SMILES string of the molecule is CCC(CC)C(=O)Nc1ccc(O)c(C(F)(F)F)c1. The van der Waals surface area contributed by atoms with Gasteiger partial charge in [-0.05, 0) is 31.0 Å². The number of carbonyl (C=O) groups is 1. The van der Waals surface area contributed by atoms with Crippen molar-refractivity contribution < 1.29 is 23.1 Å². The highest BCUT2D eigenvalue weighted by Crippen LogP contribution is 2.37. The van der Waals surface area contributed by atoms with Crippen LogP contribution < -0.4 is 5.32 Å². The molecule has 0 heterocycles. The van der Waals surface area contributed by atoms with Crippen molar-refractivity contribution >= 4 is 11.6 Å². The number of nitrogens with one attached hydrogen (secondary N) is 1. The molecule has 0 fully saturated rings. The van der Waals surface area contributed by atoms with Crippen molar-refractivity contribution in [1.82, 2.24) is 0 Å². The predicted molar refractivity (Wildman–Crippen MR) is 65.8 cm³/mol. The van der Waals surface area contributed by atoms with Crippen molar-refractivity contribution in [2.75, 3.05) is 5.32 Å². The van der Waals surface area contributed by atoms with Gasteiger partial charge in [-0.2, -0.15) is 13.2 Å². The van der Waals surface area contributed by atoms with Gasteiger partial charge in [0.2, 0.25) is 5.91 Å². The van der Waals surface area contributed by atoms with E-state index in [4.69, 9.17) is 0 Å². The van der Waals surface area contributed by atoms with Crippen LogP contribution in [0.15, 0.2) is 18.2 Å². The number of rotatable bonds is 4. The number of hydrogen-bond acceptors (Lipinski definition) is 2. The van der Waals surface area contributed by atoms with E-state index in [-0.39, 0.29) is 17.5 Å². The van der Waals surface area contributed by atoms with E-state index in [9.17, 15) is 23.1 Å². The Kier molecular flexibility index (Phi) is 4.80. The maximum absolute atomic E-state index is 12.6. The molecule has 0 aliphatic carbocycles. The van der Waals surface area contributed by atoms with Gasteiger partial charge in [-0.15, -0.1) is 0 Å². The van der Waals surface area contributed by atoms with E-state index in [1.54, 1.807) is 0 Å². The number of aromatic hydroxyl groups is 1. The van der Waals surface area contributed by atoms with Crippen LogP contribution in [0.25, 0.3) is 0 Å². The molecule has 0 spiro atoms. The summed E-state index contributed by atoms with van der Waals surface area (Å²) in [4.78, 5) is 11.8. The van der Waals surface area contributed by atoms with Crippen LogP contribution in [0.4, 0.5) is 18.9 Å². The number of phenolic OH excluding ortho intramolecular Hbond substituents is 1. The molecule has 1 rings (SSSR count). The molecule has 0 aliphatic heterocycles. The lowest BCUT2D eigenvalue weighted by molar-refractivity contribution is -0.138. The lowest BCUT2D eigenvalue weighted by Crippen LogP contribution is -2.21. The van der Waals surface area contributed by atoms with Crippen LogP contribution in [0, 0.1) is 5.92 Å². The monoisotopic (exact) mass is 275 g/mol. The van der Waals surface area contributed by atoms with Gasteiger partial charge in [0, 0.05) is 11.6 Å². The van der Waals surface area contributed by atoms with Gasteiger partial charge in [0.1, 0.15) is 5.75 Å². The number of carbonyl (C=O) groups excluding carboxylic acids is 1. The van der Waals surface area contributed by atoms with Crippen molar-refractivity contribution in [3.8, 4) is 5.75 Å². The molecule has 19 heavy (non-hydrogen) atoms. The second kappa shape index (κ2) is 5.95. The van der Waals surface area contributed by atoms with E-state index in [0.717, 1.165) is 12.1 Å². The molecule has 2 N–H and O–H groups in total. The van der Waals surface area contributed by atoms with Gasteiger partial charge in [0.05, 0.1) is 5.56 Å². The Morgan fingerprint density at radius 3 is 2.37 bits per heavy atom. The third-order valence-corrected chi connectivity index (χ3v) is 2.93. The lowest BCUT2D eigenvalue weighted by atomic mass is 10.0. The summed E-state index contributed by atoms with van der Waals surface area (Å²) in [5, 5.41) is 11.6. The number of halogens is 3. The van der Waals surface area contributed by atoms with E-state index in [2.05, 4.69) is 5.32 Å². The molecule has 1 aromatic carbocycles. The van der Waals surface area contributed by atoms with Gasteiger partial charge >= 0.3 is 6.18 Å². The molecule has 0 aromatic heterocycles. The number of anilines is 1. The molecule has 0 aliphatic rings. The summed E-state index contributed by atoms with van der Waals surface area (Å²) < 4.78 is 37.8. The summed E-state index contributed by atoms with van der Waals surface area (Å²) in [6.45, 7) is 3.68. The molecule has 1 amide bonds. The lowest BCUT2D eigenvalue weighted by Gasteiger charge is -2.15. The molecular formula is C13H16F3NO2. The summed E-state index contributed by atoms with van der Waals surface area (Å²) in [5.41, 5.74) is -1.13. The third-order valence-electron chi connectivity index (χ3n) is 2.93. The topological polar surface area (TPSA) is 49.3 Å². The fraction of sp³-hybridized carbons (Fsp3) is 0.462. The van der Waals surface area contributed by atoms with Crippen LogP contribution in [0.3, 0.4) is 0 Å². The van der Waals surface area contributed by atoms with Crippen molar-refractivity contribution in [1.29, 1.82) is 0 Å². The zero-order chi connectivity index (χ0) is 14.6. The second-order valence-electron chi connectivity index (χ2n) is 4.23. The highest BCUT2D eigenvalue weighted by molar-refractivity contribution is 5.92. The van der Waals surface area contributed by atoms with Gasteiger partial charge in [-0.25, -0.2) is 0 Å². The minimum absolute atomic E-state index is 0.0297. The Hall–Kier alpha value is -1.72. The number of phenols is 1. The largest absolute Gasteiger partial charge is 0.507 e. The molecule has 1 aromatic rings. The maximum atomic E-state index is 12.6. The molecule has 3 nitrogen and oxygen atoms in total. The first-order chi connectivity index (χ1) is 8.79. The van der Waals surface area contributed by atoms with Gasteiger partial charge in [0.25, 0.3) is 0 Å². The minimum Gasteiger partial charge on any atom is -0.507 e. The van der Waals surface area contributed by atoms with E-state index in [1.807, 2.05) is 13.8 Å². The number of amides is 1. The van der Waals surface area contributed by atoms with Crippen LogP contribution in [0.1, 0.15) is 32.3 Å². The average Bonchev–Trinajstić information content (AvgIpc) is 2.31. The maximum Gasteiger partial charge on any atom is 0.420 e. The Bertz CT molecular complexity index is 454. The Morgan fingerprint density at radius 2 is 1.89 bits per heavy atom. The predicted octanol–water partition coefficient (Wildman–Crippen LogP) is 3.79. The van der Waals surface area contributed by atoms with E-state index >= 15 is 0 Å². The zero-order valence-electron chi connectivity index (χ0n) is 10.7. The first-order valence-corrected chi connectivity index (χ1v) is 6.00. The number of benzene rings is 1. The highest BCUT2D eigenvalue weighted by Gasteiger charge is 2.34. The molecule has 0 saturated heterocycles. The molecular weight excluding hydrogens is 259 g/mol. The average molecular weight is 275 g/mol. The molecule has 6 heteroatoms. The molecule has 0 unspecified atom stereocenters. The van der Waals surface area contributed by atoms with Gasteiger partial charge < -0.3 is 10.4 Å². The second-order valence-corrected chi connectivity index (χ2v) is 4.23. The minimum atomic E-state index is -4.65. The normalized spacial score (nSPS) is 11.7. The fourth-order valence-electron chi connectivity index (χ4n) is 1.74. The Labute approximate surface area is 109 Å². The van der Waals surface area contributed by atoms with E-state index in [1.165, 1.54) is 6.07 Å². The summed E-state index contributed by atoms with van der Waals surface area (Å²) in [6.07, 6.45) is -3.42. The number of alkyl halides is 3. The van der Waals surface area contributed by atoms with Crippen molar-refractivity contribution in [2.45, 2.75) is 32.9 Å². The molecule has 0 radical (unpaired) electrons. The van der Waals surface area contributed by atoms with Gasteiger partial charge in [0.15, 0.2) is 0 Å². The third kappa shape index (κ3) is 3.87. The van der Waals surface area contributed by atoms with Crippen LogP contribution in [0.2, 0.25) is 0 Å². The first-order valence-electron chi connectivity index (χ1n) is 6.00. The van der Waals surface area contributed by atoms with Crippen molar-refractivity contribution in [2.24, 2.45) is 5.92 Å². The Balaban J connectivity index is 2.95. The summed E-state index contributed by atoms with van der Waals surface area (Å²) in [7, 11) is 0. The van der Waals surface area contributed by atoms with Crippen LogP contribution >= 0.6 is 0 Å². The summed E-state index contributed by atoms with van der Waals surface area (Å²) in [5.74, 6) is -1.40. The quantitative estimate of drug-likeness (QED) is 0.821.